The fourth-order valence-corrected chi connectivity index (χ4v) is 2.43. The van der Waals surface area contributed by atoms with E-state index in [1.165, 1.54) is 0 Å². The lowest BCUT2D eigenvalue weighted by atomic mass is 10.3. The summed E-state index contributed by atoms with van der Waals surface area (Å²) >= 11 is 0. The molecule has 104 valence electrons. The van der Waals surface area contributed by atoms with Crippen molar-refractivity contribution in [3.63, 3.8) is 0 Å². The number of hydrogen-bond donors (Lipinski definition) is 1. The van der Waals surface area contributed by atoms with Gasteiger partial charge in [0.25, 0.3) is 0 Å². The monoisotopic (exact) mass is 269 g/mol. The molecule has 0 unspecified atom stereocenters. The van der Waals surface area contributed by atoms with Gasteiger partial charge in [0.1, 0.15) is 0 Å². The van der Waals surface area contributed by atoms with Crippen molar-refractivity contribution in [2.24, 2.45) is 0 Å². The van der Waals surface area contributed by atoms with E-state index in [1.807, 2.05) is 25.2 Å². The van der Waals surface area contributed by atoms with Crippen LogP contribution in [0, 0.1) is 0 Å². The fraction of sp³-hybridized carbons (Fsp3) is 0.333. The third kappa shape index (κ3) is 2.58. The smallest absolute Gasteiger partial charge is 0.176 e. The highest BCUT2D eigenvalue weighted by atomic mass is 15.3. The van der Waals surface area contributed by atoms with Crippen LogP contribution in [0.25, 0.3) is 0 Å². The van der Waals surface area contributed by atoms with Crippen molar-refractivity contribution >= 4 is 17.3 Å². The van der Waals surface area contributed by atoms with Crippen LogP contribution in [-0.2, 0) is 0 Å². The number of anilines is 3. The molecule has 20 heavy (non-hydrogen) atoms. The van der Waals surface area contributed by atoms with Gasteiger partial charge in [-0.2, -0.15) is 0 Å². The second-order valence-corrected chi connectivity index (χ2v) is 4.84. The maximum Gasteiger partial charge on any atom is 0.176 e. The van der Waals surface area contributed by atoms with Crippen LogP contribution in [0.15, 0.2) is 42.7 Å². The van der Waals surface area contributed by atoms with Gasteiger partial charge in [-0.05, 0) is 12.1 Å². The molecular weight excluding hydrogens is 250 g/mol. The van der Waals surface area contributed by atoms with Crippen LogP contribution >= 0.6 is 0 Å². The zero-order chi connectivity index (χ0) is 13.8. The molecule has 1 aromatic heterocycles. The van der Waals surface area contributed by atoms with E-state index in [-0.39, 0.29) is 0 Å². The Bertz CT molecular complexity index is 551. The summed E-state index contributed by atoms with van der Waals surface area (Å²) in [6, 6.07) is 10.2. The molecule has 2 heterocycles. The number of rotatable bonds is 3. The Morgan fingerprint density at radius 2 is 1.75 bits per heavy atom. The number of nitrogens with one attached hydrogen (secondary N) is 1. The highest BCUT2D eigenvalue weighted by Gasteiger charge is 2.19. The lowest BCUT2D eigenvalue weighted by Crippen LogP contribution is -2.44. The summed E-state index contributed by atoms with van der Waals surface area (Å²) in [4.78, 5) is 13.5. The summed E-state index contributed by atoms with van der Waals surface area (Å²) in [6.07, 6.45) is 3.51. The van der Waals surface area contributed by atoms with Crippen LogP contribution in [0.5, 0.6) is 0 Å². The van der Waals surface area contributed by atoms with Crippen molar-refractivity contribution in [1.29, 1.82) is 0 Å². The van der Waals surface area contributed by atoms with Crippen molar-refractivity contribution in [1.82, 2.24) is 15.3 Å². The first kappa shape index (κ1) is 12.9. The Morgan fingerprint density at radius 1 is 1.05 bits per heavy atom. The van der Waals surface area contributed by atoms with Gasteiger partial charge in [-0.3, -0.25) is 0 Å². The first-order valence-electron chi connectivity index (χ1n) is 6.92. The second kappa shape index (κ2) is 5.88. The van der Waals surface area contributed by atoms with E-state index < -0.39 is 0 Å². The minimum absolute atomic E-state index is 0.903. The number of piperazine rings is 1. The van der Waals surface area contributed by atoms with Crippen molar-refractivity contribution in [2.45, 2.75) is 0 Å². The van der Waals surface area contributed by atoms with E-state index in [4.69, 9.17) is 0 Å². The van der Waals surface area contributed by atoms with Crippen molar-refractivity contribution < 1.29 is 0 Å². The Balaban J connectivity index is 1.93. The predicted octanol–water partition coefficient (Wildman–Crippen LogP) is 1.65. The minimum atomic E-state index is 0.903. The predicted molar refractivity (Wildman–Crippen MR) is 81.6 cm³/mol. The summed E-state index contributed by atoms with van der Waals surface area (Å²) in [5.74, 6) is 1.86. The zero-order valence-corrected chi connectivity index (χ0v) is 11.7. The topological polar surface area (TPSA) is 44.3 Å². The van der Waals surface area contributed by atoms with Crippen LogP contribution < -0.4 is 15.1 Å². The molecule has 1 aromatic carbocycles. The number of aromatic nitrogens is 2. The van der Waals surface area contributed by atoms with E-state index in [0.717, 1.165) is 43.5 Å². The van der Waals surface area contributed by atoms with Crippen LogP contribution in [0.2, 0.25) is 0 Å². The molecule has 1 aliphatic rings. The molecule has 1 saturated heterocycles. The van der Waals surface area contributed by atoms with E-state index in [0.29, 0.717) is 0 Å². The van der Waals surface area contributed by atoms with Gasteiger partial charge in [-0.15, -0.1) is 0 Å². The Morgan fingerprint density at radius 3 is 2.50 bits per heavy atom. The molecule has 0 bridgehead atoms. The lowest BCUT2D eigenvalue weighted by Gasteiger charge is -2.31. The van der Waals surface area contributed by atoms with Gasteiger partial charge >= 0.3 is 0 Å². The van der Waals surface area contributed by atoms with Gasteiger partial charge in [0.05, 0.1) is 0 Å². The fourth-order valence-electron chi connectivity index (χ4n) is 2.43. The molecule has 0 radical (unpaired) electrons. The SMILES string of the molecule is CN(c1ccccc1)c1nccnc1N1CCNCC1. The van der Waals surface area contributed by atoms with Crippen LogP contribution in [0.4, 0.5) is 17.3 Å². The van der Waals surface area contributed by atoms with E-state index in [9.17, 15) is 0 Å². The van der Waals surface area contributed by atoms with Gasteiger partial charge in [0.15, 0.2) is 11.6 Å². The number of hydrogen-bond acceptors (Lipinski definition) is 5. The summed E-state index contributed by atoms with van der Waals surface area (Å²) in [5.41, 5.74) is 1.12. The molecule has 1 fully saturated rings. The highest BCUT2D eigenvalue weighted by Crippen LogP contribution is 2.29. The molecule has 0 spiro atoms. The molecule has 0 aliphatic carbocycles. The standard InChI is InChI=1S/C15H19N5/c1-19(13-5-3-2-4-6-13)14-15(18-8-7-17-14)20-11-9-16-10-12-20/h2-8,16H,9-12H2,1H3. The molecule has 0 atom stereocenters. The first-order chi connectivity index (χ1) is 9.86. The summed E-state index contributed by atoms with van der Waals surface area (Å²) < 4.78 is 0. The van der Waals surface area contributed by atoms with Gasteiger partial charge in [0.2, 0.25) is 0 Å². The van der Waals surface area contributed by atoms with E-state index in [1.54, 1.807) is 12.4 Å². The van der Waals surface area contributed by atoms with Crippen molar-refractivity contribution in [2.75, 3.05) is 43.0 Å². The molecule has 5 nitrogen and oxygen atoms in total. The van der Waals surface area contributed by atoms with Gasteiger partial charge in [0, 0.05) is 51.3 Å². The number of nitrogens with zero attached hydrogens (tertiary/aromatic N) is 4. The first-order valence-corrected chi connectivity index (χ1v) is 6.92. The van der Waals surface area contributed by atoms with E-state index in [2.05, 4.69) is 37.2 Å². The number of para-hydroxylation sites is 1. The Labute approximate surface area is 119 Å². The quantitative estimate of drug-likeness (QED) is 0.918. The minimum Gasteiger partial charge on any atom is -0.351 e. The van der Waals surface area contributed by atoms with Crippen LogP contribution in [0.1, 0.15) is 0 Å². The molecular formula is C15H19N5. The normalized spacial score (nSPS) is 15.2. The van der Waals surface area contributed by atoms with Crippen LogP contribution in [0.3, 0.4) is 0 Å². The second-order valence-electron chi connectivity index (χ2n) is 4.84. The van der Waals surface area contributed by atoms with Crippen molar-refractivity contribution in [3.05, 3.63) is 42.7 Å². The van der Waals surface area contributed by atoms with Crippen LogP contribution in [-0.4, -0.2) is 43.2 Å². The Hall–Kier alpha value is -2.14. The summed E-state index contributed by atoms with van der Waals surface area (Å²) in [5, 5.41) is 3.36. The van der Waals surface area contributed by atoms with Gasteiger partial charge in [-0.1, -0.05) is 18.2 Å². The summed E-state index contributed by atoms with van der Waals surface area (Å²) in [6.45, 7) is 3.92. The molecule has 0 amide bonds. The number of benzene rings is 1. The zero-order valence-electron chi connectivity index (χ0n) is 11.7. The average Bonchev–Trinajstić information content (AvgIpc) is 2.56. The molecule has 0 saturated carbocycles. The Kier molecular flexibility index (Phi) is 3.78. The third-order valence-corrected chi connectivity index (χ3v) is 3.54. The lowest BCUT2D eigenvalue weighted by molar-refractivity contribution is 0.584. The van der Waals surface area contributed by atoms with Gasteiger partial charge in [-0.25, -0.2) is 9.97 Å². The van der Waals surface area contributed by atoms with E-state index >= 15 is 0 Å². The maximum absolute atomic E-state index is 4.54. The van der Waals surface area contributed by atoms with Gasteiger partial charge < -0.3 is 15.1 Å². The average molecular weight is 269 g/mol. The molecule has 1 aliphatic heterocycles. The maximum atomic E-state index is 4.54. The largest absolute Gasteiger partial charge is 0.351 e. The molecule has 5 heteroatoms. The summed E-state index contributed by atoms with van der Waals surface area (Å²) in [7, 11) is 2.03. The third-order valence-electron chi connectivity index (χ3n) is 3.54. The molecule has 1 N–H and O–H groups in total. The van der Waals surface area contributed by atoms with Crippen molar-refractivity contribution in [3.8, 4) is 0 Å². The molecule has 3 rings (SSSR count). The molecule has 2 aromatic rings. The highest BCUT2D eigenvalue weighted by molar-refractivity contribution is 5.70.